The molecule has 1 aromatic rings. The number of rotatable bonds is 0. The van der Waals surface area contributed by atoms with Gasteiger partial charge in [-0.2, -0.15) is 5.26 Å². The van der Waals surface area contributed by atoms with Crippen molar-refractivity contribution in [2.45, 2.75) is 0 Å². The lowest BCUT2D eigenvalue weighted by molar-refractivity contribution is 1.48. The molecule has 0 amide bonds. The second-order valence-electron chi connectivity index (χ2n) is 1.77. The summed E-state index contributed by atoms with van der Waals surface area (Å²) >= 11 is 5.60. The molecule has 0 aromatic heterocycles. The molecule has 0 aliphatic heterocycles. The molecular formula is C7H4ClN2. The molecule has 0 heterocycles. The normalized spacial score (nSPS) is 8.80. The largest absolute Gasteiger partial charge is 0.399 e. The van der Waals surface area contributed by atoms with Gasteiger partial charge in [0.05, 0.1) is 10.6 Å². The number of halogens is 1. The number of benzene rings is 1. The summed E-state index contributed by atoms with van der Waals surface area (Å²) < 4.78 is 0. The molecule has 0 atom stereocenters. The smallest absolute Gasteiger partial charge is 0.101 e. The minimum absolute atomic E-state index is 0.330. The molecular weight excluding hydrogens is 148 g/mol. The van der Waals surface area contributed by atoms with Crippen LogP contribution in [0.4, 0.5) is 5.69 Å². The summed E-state index contributed by atoms with van der Waals surface area (Å²) in [7, 11) is 0. The van der Waals surface area contributed by atoms with Gasteiger partial charge < -0.3 is 5.73 Å². The number of nitriles is 1. The van der Waals surface area contributed by atoms with Crippen LogP contribution in [0.3, 0.4) is 0 Å². The molecule has 0 unspecified atom stereocenters. The Labute approximate surface area is 63.8 Å². The van der Waals surface area contributed by atoms with Crippen molar-refractivity contribution < 1.29 is 0 Å². The summed E-state index contributed by atoms with van der Waals surface area (Å²) in [6.45, 7) is 0. The molecule has 1 radical (unpaired) electrons. The first kappa shape index (κ1) is 6.91. The third-order valence-electron chi connectivity index (χ3n) is 1.03. The molecule has 1 rings (SSSR count). The van der Waals surface area contributed by atoms with E-state index in [0.717, 1.165) is 0 Å². The predicted molar refractivity (Wildman–Crippen MR) is 39.4 cm³/mol. The van der Waals surface area contributed by atoms with Gasteiger partial charge in [-0.05, 0) is 12.1 Å². The molecule has 0 saturated heterocycles. The lowest BCUT2D eigenvalue weighted by Crippen LogP contribution is -1.85. The topological polar surface area (TPSA) is 49.8 Å². The van der Waals surface area contributed by atoms with E-state index in [1.807, 2.05) is 6.07 Å². The standard InChI is InChI=1S/C7H4ClN2/c8-7-3-6(10)2-1-5(7)4-9/h2-3H,10H2. The first-order valence-electron chi connectivity index (χ1n) is 2.61. The van der Waals surface area contributed by atoms with Crippen LogP contribution >= 0.6 is 11.6 Å². The van der Waals surface area contributed by atoms with E-state index in [0.29, 0.717) is 16.3 Å². The highest BCUT2D eigenvalue weighted by molar-refractivity contribution is 6.31. The van der Waals surface area contributed by atoms with Crippen LogP contribution in [-0.4, -0.2) is 0 Å². The van der Waals surface area contributed by atoms with E-state index < -0.39 is 0 Å². The fourth-order valence-corrected chi connectivity index (χ4v) is 0.793. The van der Waals surface area contributed by atoms with Gasteiger partial charge in [0.1, 0.15) is 6.07 Å². The average Bonchev–Trinajstić information content (AvgIpc) is 1.88. The maximum atomic E-state index is 8.40. The summed E-state index contributed by atoms with van der Waals surface area (Å²) in [5.41, 5.74) is 6.20. The highest BCUT2D eigenvalue weighted by Gasteiger charge is 1.97. The highest BCUT2D eigenvalue weighted by Crippen LogP contribution is 2.16. The van der Waals surface area contributed by atoms with E-state index in [9.17, 15) is 0 Å². The van der Waals surface area contributed by atoms with Crippen molar-refractivity contribution in [3.63, 3.8) is 0 Å². The fraction of sp³-hybridized carbons (Fsp3) is 0. The molecule has 0 aliphatic rings. The summed E-state index contributed by atoms with van der Waals surface area (Å²) in [6, 6.07) is 7.56. The molecule has 49 valence electrons. The van der Waals surface area contributed by atoms with Gasteiger partial charge in [0.15, 0.2) is 0 Å². The Balaban J connectivity index is 3.23. The summed E-state index contributed by atoms with van der Waals surface area (Å²) in [5.74, 6) is 0. The molecule has 0 bridgehead atoms. The molecule has 0 spiro atoms. The zero-order valence-corrected chi connectivity index (χ0v) is 5.81. The molecule has 2 nitrogen and oxygen atoms in total. The lowest BCUT2D eigenvalue weighted by Gasteiger charge is -1.93. The van der Waals surface area contributed by atoms with Crippen LogP contribution in [0.5, 0.6) is 0 Å². The molecule has 10 heavy (non-hydrogen) atoms. The van der Waals surface area contributed by atoms with Crippen molar-refractivity contribution in [3.05, 3.63) is 28.8 Å². The Bertz CT molecular complexity index is 288. The number of nitrogen functional groups attached to an aromatic ring is 1. The van der Waals surface area contributed by atoms with Crippen LogP contribution in [0.15, 0.2) is 12.1 Å². The van der Waals surface area contributed by atoms with E-state index in [2.05, 4.69) is 6.07 Å². The Morgan fingerprint density at radius 3 is 2.90 bits per heavy atom. The zero-order valence-electron chi connectivity index (χ0n) is 5.06. The van der Waals surface area contributed by atoms with Crippen molar-refractivity contribution in [1.29, 1.82) is 5.26 Å². The minimum Gasteiger partial charge on any atom is -0.399 e. The van der Waals surface area contributed by atoms with Gasteiger partial charge in [-0.1, -0.05) is 11.6 Å². The third-order valence-corrected chi connectivity index (χ3v) is 1.33. The highest BCUT2D eigenvalue weighted by atomic mass is 35.5. The Morgan fingerprint density at radius 1 is 1.70 bits per heavy atom. The predicted octanol–water partition coefficient (Wildman–Crippen LogP) is 1.59. The molecule has 3 heteroatoms. The Hall–Kier alpha value is -1.20. The van der Waals surface area contributed by atoms with Crippen molar-refractivity contribution in [1.82, 2.24) is 0 Å². The first-order chi connectivity index (χ1) is 4.74. The van der Waals surface area contributed by atoms with Crippen LogP contribution in [0.1, 0.15) is 5.56 Å². The van der Waals surface area contributed by atoms with E-state index in [-0.39, 0.29) is 0 Å². The monoisotopic (exact) mass is 151 g/mol. The number of hydrogen-bond donors (Lipinski definition) is 1. The van der Waals surface area contributed by atoms with Gasteiger partial charge in [-0.25, -0.2) is 0 Å². The molecule has 0 fully saturated rings. The lowest BCUT2D eigenvalue weighted by atomic mass is 10.2. The van der Waals surface area contributed by atoms with Crippen LogP contribution < -0.4 is 5.73 Å². The first-order valence-corrected chi connectivity index (χ1v) is 2.98. The molecule has 0 aliphatic carbocycles. The van der Waals surface area contributed by atoms with Crippen molar-refractivity contribution >= 4 is 17.3 Å². The fourth-order valence-electron chi connectivity index (χ4n) is 0.570. The molecule has 0 saturated carbocycles. The Kier molecular flexibility index (Phi) is 1.79. The maximum Gasteiger partial charge on any atom is 0.101 e. The van der Waals surface area contributed by atoms with Gasteiger partial charge in [0.25, 0.3) is 0 Å². The van der Waals surface area contributed by atoms with Crippen molar-refractivity contribution in [3.8, 4) is 6.07 Å². The van der Waals surface area contributed by atoms with Crippen LogP contribution in [0, 0.1) is 17.4 Å². The van der Waals surface area contributed by atoms with Gasteiger partial charge in [-0.3, -0.25) is 0 Å². The van der Waals surface area contributed by atoms with Crippen LogP contribution in [-0.2, 0) is 0 Å². The zero-order chi connectivity index (χ0) is 7.56. The maximum absolute atomic E-state index is 8.40. The van der Waals surface area contributed by atoms with Crippen LogP contribution in [0.25, 0.3) is 0 Å². The second kappa shape index (κ2) is 2.59. The number of nitrogens with two attached hydrogens (primary N) is 1. The number of anilines is 1. The SMILES string of the molecule is N#Cc1[c]cc(N)cc1Cl. The molecule has 1 aromatic carbocycles. The Morgan fingerprint density at radius 2 is 2.40 bits per heavy atom. The van der Waals surface area contributed by atoms with Gasteiger partial charge in [-0.15, -0.1) is 0 Å². The van der Waals surface area contributed by atoms with E-state index in [4.69, 9.17) is 22.6 Å². The van der Waals surface area contributed by atoms with Gasteiger partial charge in [0, 0.05) is 11.8 Å². The van der Waals surface area contributed by atoms with E-state index in [1.54, 1.807) is 0 Å². The van der Waals surface area contributed by atoms with Crippen molar-refractivity contribution in [2.24, 2.45) is 0 Å². The average molecular weight is 152 g/mol. The van der Waals surface area contributed by atoms with E-state index >= 15 is 0 Å². The van der Waals surface area contributed by atoms with Gasteiger partial charge >= 0.3 is 0 Å². The minimum atomic E-state index is 0.330. The van der Waals surface area contributed by atoms with Crippen molar-refractivity contribution in [2.75, 3.05) is 5.73 Å². The number of nitrogens with zero attached hydrogens (tertiary/aromatic N) is 1. The van der Waals surface area contributed by atoms with Gasteiger partial charge in [0.2, 0.25) is 0 Å². The summed E-state index contributed by atoms with van der Waals surface area (Å²) in [4.78, 5) is 0. The summed E-state index contributed by atoms with van der Waals surface area (Å²) in [5, 5.41) is 8.75. The molecule has 2 N–H and O–H groups in total. The quantitative estimate of drug-likeness (QED) is 0.573. The number of hydrogen-bond acceptors (Lipinski definition) is 2. The van der Waals surface area contributed by atoms with E-state index in [1.165, 1.54) is 12.1 Å². The second-order valence-corrected chi connectivity index (χ2v) is 2.17. The summed E-state index contributed by atoms with van der Waals surface area (Å²) in [6.07, 6.45) is 0. The van der Waals surface area contributed by atoms with Crippen LogP contribution in [0.2, 0.25) is 5.02 Å². The third kappa shape index (κ3) is 1.20.